The summed E-state index contributed by atoms with van der Waals surface area (Å²) >= 11 is 0. The van der Waals surface area contributed by atoms with Gasteiger partial charge < -0.3 is 24.8 Å². The van der Waals surface area contributed by atoms with Gasteiger partial charge in [0.1, 0.15) is 17.3 Å². The molecule has 6 heteroatoms. The Morgan fingerprint density at radius 3 is 2.60 bits per heavy atom. The third-order valence-electron chi connectivity index (χ3n) is 11.1. The van der Waals surface area contributed by atoms with E-state index in [1.807, 2.05) is 6.08 Å². The van der Waals surface area contributed by atoms with E-state index in [2.05, 4.69) is 27.7 Å². The van der Waals surface area contributed by atoms with E-state index in [1.165, 1.54) is 26.2 Å². The Bertz CT molecular complexity index is 884. The molecule has 5 aliphatic rings. The van der Waals surface area contributed by atoms with Crippen molar-refractivity contribution in [3.8, 4) is 0 Å². The summed E-state index contributed by atoms with van der Waals surface area (Å²) < 4.78 is 12.2. The zero-order valence-corrected chi connectivity index (χ0v) is 22.3. The van der Waals surface area contributed by atoms with Crippen LogP contribution in [0, 0.1) is 34.5 Å². The average molecular weight is 491 g/mol. The normalized spacial score (nSPS) is 49.2. The number of hydrogen-bond donors (Lipinski definition) is 3. The monoisotopic (exact) mass is 490 g/mol. The lowest BCUT2D eigenvalue weighted by atomic mass is 9.43. The average Bonchev–Trinajstić information content (AvgIpc) is 3.24. The minimum absolute atomic E-state index is 0.00405. The van der Waals surface area contributed by atoms with Crippen LogP contribution < -0.4 is 0 Å². The van der Waals surface area contributed by atoms with Crippen LogP contribution in [-0.2, 0) is 14.3 Å². The summed E-state index contributed by atoms with van der Waals surface area (Å²) in [6, 6.07) is 0. The molecule has 10 atom stereocenters. The number of hydrogen-bond acceptors (Lipinski definition) is 6. The quantitative estimate of drug-likeness (QED) is 0.382. The van der Waals surface area contributed by atoms with Crippen molar-refractivity contribution in [2.24, 2.45) is 34.5 Å². The summed E-state index contributed by atoms with van der Waals surface area (Å²) in [5, 5.41) is 35.2. The Morgan fingerprint density at radius 1 is 1.17 bits per heavy atom. The predicted molar refractivity (Wildman–Crippen MR) is 132 cm³/mol. The van der Waals surface area contributed by atoms with Crippen LogP contribution in [0.25, 0.3) is 0 Å². The van der Waals surface area contributed by atoms with Crippen LogP contribution in [0.1, 0.15) is 92.4 Å². The van der Waals surface area contributed by atoms with E-state index in [-0.39, 0.29) is 24.4 Å². The van der Waals surface area contributed by atoms with E-state index in [0.717, 1.165) is 30.8 Å². The first-order chi connectivity index (χ1) is 16.4. The number of carbonyl (C=O) groups excluding carboxylic acids is 1. The summed E-state index contributed by atoms with van der Waals surface area (Å²) in [7, 11) is 0. The molecular weight excluding hydrogens is 444 g/mol. The molecule has 1 saturated heterocycles. The Morgan fingerprint density at radius 2 is 1.91 bits per heavy atom. The lowest BCUT2D eigenvalue weighted by Crippen LogP contribution is -2.75. The largest absolute Gasteiger partial charge is 0.455 e. The summed E-state index contributed by atoms with van der Waals surface area (Å²) in [5.41, 5.74) is -2.90. The molecule has 0 amide bonds. The lowest BCUT2D eigenvalue weighted by Gasteiger charge is -2.64. The van der Waals surface area contributed by atoms with E-state index in [1.54, 1.807) is 0 Å². The smallest absolute Gasteiger partial charge is 0.303 e. The summed E-state index contributed by atoms with van der Waals surface area (Å²) in [6.07, 6.45) is 7.54. The van der Waals surface area contributed by atoms with E-state index in [9.17, 15) is 20.1 Å². The molecule has 35 heavy (non-hydrogen) atoms. The van der Waals surface area contributed by atoms with Gasteiger partial charge in [0.15, 0.2) is 0 Å². The third-order valence-corrected chi connectivity index (χ3v) is 11.1. The number of fused-ring (bicyclic) bond motifs is 2. The third kappa shape index (κ3) is 3.45. The highest BCUT2D eigenvalue weighted by Crippen LogP contribution is 2.72. The highest BCUT2D eigenvalue weighted by atomic mass is 16.6. The fourth-order valence-electron chi connectivity index (χ4n) is 9.41. The van der Waals surface area contributed by atoms with Gasteiger partial charge in [-0.1, -0.05) is 47.0 Å². The van der Waals surface area contributed by atoms with E-state index < -0.39 is 40.9 Å². The van der Waals surface area contributed by atoms with Gasteiger partial charge >= 0.3 is 5.97 Å². The summed E-state index contributed by atoms with van der Waals surface area (Å²) in [4.78, 5) is 12.1. The summed E-state index contributed by atoms with van der Waals surface area (Å²) in [5.74, 6) is 1.58. The number of ether oxygens (including phenoxy) is 2. The molecule has 3 saturated carbocycles. The molecule has 0 aromatic rings. The van der Waals surface area contributed by atoms with Gasteiger partial charge in [0.2, 0.25) is 0 Å². The standard InChI is InChI=1S/C29H46O6/c1-17(2)7-6-8-18(3)21-9-10-22-23-13-24(35-19(4)30)28(32)14-20(31)11-12-27(28)16-34-25(29(23,27)33)15-26(21,22)5/h13,17-18,20-22,24-25,31-33H,6-12,14-16H2,1-5H3. The maximum atomic E-state index is 12.6. The van der Waals surface area contributed by atoms with Gasteiger partial charge in [-0.05, 0) is 72.8 Å². The van der Waals surface area contributed by atoms with Crippen LogP contribution in [-0.4, -0.2) is 57.4 Å². The molecule has 1 heterocycles. The van der Waals surface area contributed by atoms with Crippen LogP contribution in [0.4, 0.5) is 0 Å². The molecule has 0 radical (unpaired) electrons. The highest BCUT2D eigenvalue weighted by Gasteiger charge is 2.79. The Hall–Kier alpha value is -0.950. The minimum Gasteiger partial charge on any atom is -0.455 e. The van der Waals surface area contributed by atoms with Gasteiger partial charge in [-0.2, -0.15) is 0 Å². The molecule has 4 aliphatic carbocycles. The SMILES string of the molecule is CC(=O)OC1C=C2C3CCC(C(C)CCCC(C)C)C3(C)CC3OCC4(CCC(O)CC14O)C23O. The maximum Gasteiger partial charge on any atom is 0.303 e. The van der Waals surface area contributed by atoms with Crippen molar-refractivity contribution in [2.45, 2.75) is 122 Å². The van der Waals surface area contributed by atoms with Crippen molar-refractivity contribution in [1.29, 1.82) is 0 Å². The first-order valence-electron chi connectivity index (χ1n) is 14.0. The molecule has 0 bridgehead atoms. The van der Waals surface area contributed by atoms with E-state index in [4.69, 9.17) is 9.47 Å². The van der Waals surface area contributed by atoms with Crippen LogP contribution in [0.15, 0.2) is 11.6 Å². The van der Waals surface area contributed by atoms with Crippen LogP contribution >= 0.6 is 0 Å². The first kappa shape index (κ1) is 25.7. The van der Waals surface area contributed by atoms with Crippen molar-refractivity contribution in [1.82, 2.24) is 0 Å². The number of aliphatic hydroxyl groups excluding tert-OH is 1. The summed E-state index contributed by atoms with van der Waals surface area (Å²) in [6.45, 7) is 10.9. The second kappa shape index (κ2) is 8.54. The van der Waals surface area contributed by atoms with Crippen LogP contribution in [0.3, 0.4) is 0 Å². The van der Waals surface area contributed by atoms with Gasteiger partial charge in [-0.3, -0.25) is 4.79 Å². The van der Waals surface area contributed by atoms with Crippen LogP contribution in [0.2, 0.25) is 0 Å². The second-order valence-electron chi connectivity index (χ2n) is 13.4. The zero-order chi connectivity index (χ0) is 25.4. The van der Waals surface area contributed by atoms with E-state index >= 15 is 0 Å². The Kier molecular flexibility index (Phi) is 6.27. The minimum atomic E-state index is -1.56. The number of carbonyl (C=O) groups is 1. The van der Waals surface area contributed by atoms with Gasteiger partial charge in [-0.15, -0.1) is 0 Å². The predicted octanol–water partition coefficient (Wildman–Crippen LogP) is 4.15. The molecule has 5 rings (SSSR count). The molecule has 1 aliphatic heterocycles. The number of rotatable bonds is 6. The highest BCUT2D eigenvalue weighted by molar-refractivity contribution is 5.67. The molecule has 0 aromatic heterocycles. The molecule has 4 fully saturated rings. The Labute approximate surface area is 210 Å². The van der Waals surface area contributed by atoms with Gasteiger partial charge in [0, 0.05) is 13.3 Å². The fourth-order valence-corrected chi connectivity index (χ4v) is 9.41. The van der Waals surface area contributed by atoms with Crippen molar-refractivity contribution in [3.05, 3.63) is 11.6 Å². The molecule has 10 unspecified atom stereocenters. The van der Waals surface area contributed by atoms with Crippen molar-refractivity contribution in [2.75, 3.05) is 6.61 Å². The van der Waals surface area contributed by atoms with Crippen molar-refractivity contribution >= 4 is 5.97 Å². The molecule has 198 valence electrons. The molecule has 1 spiro atoms. The maximum absolute atomic E-state index is 12.6. The lowest BCUT2D eigenvalue weighted by molar-refractivity contribution is -0.254. The van der Waals surface area contributed by atoms with Gasteiger partial charge in [0.25, 0.3) is 0 Å². The molecule has 6 nitrogen and oxygen atoms in total. The fraction of sp³-hybridized carbons (Fsp3) is 0.897. The second-order valence-corrected chi connectivity index (χ2v) is 13.4. The topological polar surface area (TPSA) is 96.2 Å². The Balaban J connectivity index is 1.54. The number of aliphatic hydroxyl groups is 3. The number of esters is 1. The molecule has 0 aromatic carbocycles. The molecular formula is C29H46O6. The van der Waals surface area contributed by atoms with Crippen LogP contribution in [0.5, 0.6) is 0 Å². The van der Waals surface area contributed by atoms with Crippen molar-refractivity contribution < 1.29 is 29.6 Å². The van der Waals surface area contributed by atoms with Crippen molar-refractivity contribution in [3.63, 3.8) is 0 Å². The van der Waals surface area contributed by atoms with Gasteiger partial charge in [-0.25, -0.2) is 0 Å². The van der Waals surface area contributed by atoms with E-state index in [0.29, 0.717) is 24.7 Å². The molecule has 3 N–H and O–H groups in total. The zero-order valence-electron chi connectivity index (χ0n) is 22.3. The van der Waals surface area contributed by atoms with Gasteiger partial charge in [0.05, 0.1) is 24.2 Å². The first-order valence-corrected chi connectivity index (χ1v) is 14.0.